The molecule has 0 amide bonds. The fourth-order valence-corrected chi connectivity index (χ4v) is 2.55. The second kappa shape index (κ2) is 4.87. The number of benzene rings is 1. The molecule has 0 saturated carbocycles. The van der Waals surface area contributed by atoms with Gasteiger partial charge in [0.15, 0.2) is 5.82 Å². The van der Waals surface area contributed by atoms with Gasteiger partial charge in [0.25, 0.3) is 0 Å². The molecular weight excluding hydrogens is 278 g/mol. The molecule has 3 N–H and O–H groups in total. The molecule has 0 aliphatic carbocycles. The number of nitrogens with two attached hydrogens (primary N) is 1. The van der Waals surface area contributed by atoms with Crippen LogP contribution in [0.15, 0.2) is 36.1 Å². The molecule has 0 radical (unpaired) electrons. The molecule has 0 unspecified atom stereocenters. The Morgan fingerprint density at radius 2 is 2.05 bits per heavy atom. The third kappa shape index (κ3) is 2.38. The first kappa shape index (κ1) is 11.9. The molecule has 3 rings (SSSR count). The minimum Gasteiger partial charge on any atom is -0.388 e. The number of anilines is 2. The van der Waals surface area contributed by atoms with Crippen molar-refractivity contribution in [1.82, 2.24) is 15.0 Å². The predicted molar refractivity (Wildman–Crippen MR) is 80.8 cm³/mol. The van der Waals surface area contributed by atoms with Crippen molar-refractivity contribution >= 4 is 50.3 Å². The van der Waals surface area contributed by atoms with Gasteiger partial charge in [0.05, 0.1) is 15.7 Å². The lowest BCUT2D eigenvalue weighted by Crippen LogP contribution is -2.14. The number of thiazole rings is 1. The van der Waals surface area contributed by atoms with Gasteiger partial charge in [0.1, 0.15) is 10.7 Å². The predicted octanol–water partition coefficient (Wildman–Crippen LogP) is 2.46. The van der Waals surface area contributed by atoms with Crippen molar-refractivity contribution < 1.29 is 0 Å². The smallest absolute Gasteiger partial charge is 0.159 e. The monoisotopic (exact) mass is 287 g/mol. The fraction of sp³-hybridized carbons (Fsp3) is 0. The minimum atomic E-state index is 0.217. The third-order valence-corrected chi connectivity index (χ3v) is 3.51. The van der Waals surface area contributed by atoms with Gasteiger partial charge in [-0.1, -0.05) is 12.2 Å². The van der Waals surface area contributed by atoms with E-state index in [1.54, 1.807) is 23.7 Å². The highest BCUT2D eigenvalue weighted by Gasteiger charge is 2.08. The van der Waals surface area contributed by atoms with Crippen LogP contribution in [-0.4, -0.2) is 19.9 Å². The Balaban J connectivity index is 1.98. The highest BCUT2D eigenvalue weighted by molar-refractivity contribution is 7.80. The van der Waals surface area contributed by atoms with Crippen LogP contribution in [0.4, 0.5) is 11.5 Å². The lowest BCUT2D eigenvalue weighted by molar-refractivity contribution is 1.18. The zero-order chi connectivity index (χ0) is 13.2. The molecule has 0 saturated heterocycles. The standard InChI is InChI=1S/C12H9N5S2/c13-11(18)10-12(15-4-3-14-10)17-7-1-2-8-9(5-7)19-6-16-8/h1-6H,(H2,13,18)(H,15,17). The van der Waals surface area contributed by atoms with E-state index in [0.29, 0.717) is 11.5 Å². The Morgan fingerprint density at radius 3 is 2.89 bits per heavy atom. The summed E-state index contributed by atoms with van der Waals surface area (Å²) in [6, 6.07) is 5.88. The summed E-state index contributed by atoms with van der Waals surface area (Å²) in [6.45, 7) is 0. The molecule has 0 aliphatic rings. The average molecular weight is 287 g/mol. The Labute approximate surface area is 118 Å². The lowest BCUT2D eigenvalue weighted by Gasteiger charge is -2.08. The lowest BCUT2D eigenvalue weighted by atomic mass is 10.3. The van der Waals surface area contributed by atoms with Crippen molar-refractivity contribution in [2.45, 2.75) is 0 Å². The number of aromatic nitrogens is 3. The van der Waals surface area contributed by atoms with Gasteiger partial charge in [-0.05, 0) is 18.2 Å². The summed E-state index contributed by atoms with van der Waals surface area (Å²) in [4.78, 5) is 12.8. The van der Waals surface area contributed by atoms with Crippen LogP contribution in [0.3, 0.4) is 0 Å². The van der Waals surface area contributed by atoms with Gasteiger partial charge in [0, 0.05) is 18.1 Å². The van der Waals surface area contributed by atoms with Gasteiger partial charge >= 0.3 is 0 Å². The molecule has 0 atom stereocenters. The van der Waals surface area contributed by atoms with E-state index < -0.39 is 0 Å². The van der Waals surface area contributed by atoms with Crippen LogP contribution in [0.5, 0.6) is 0 Å². The van der Waals surface area contributed by atoms with Crippen LogP contribution in [0.2, 0.25) is 0 Å². The van der Waals surface area contributed by atoms with Crippen molar-refractivity contribution in [3.63, 3.8) is 0 Å². The van der Waals surface area contributed by atoms with Crippen LogP contribution in [-0.2, 0) is 0 Å². The van der Waals surface area contributed by atoms with E-state index in [0.717, 1.165) is 15.9 Å². The summed E-state index contributed by atoms with van der Waals surface area (Å²) in [7, 11) is 0. The van der Waals surface area contributed by atoms with Gasteiger partial charge in [-0.25, -0.2) is 15.0 Å². The maximum absolute atomic E-state index is 5.62. The van der Waals surface area contributed by atoms with Crippen molar-refractivity contribution in [2.24, 2.45) is 5.73 Å². The summed E-state index contributed by atoms with van der Waals surface area (Å²) >= 11 is 6.54. The molecule has 1 aromatic carbocycles. The van der Waals surface area contributed by atoms with Crippen LogP contribution in [0, 0.1) is 0 Å². The van der Waals surface area contributed by atoms with Gasteiger partial charge in [0.2, 0.25) is 0 Å². The molecule has 0 fully saturated rings. The van der Waals surface area contributed by atoms with Gasteiger partial charge in [-0.3, -0.25) is 0 Å². The molecule has 3 aromatic rings. The van der Waals surface area contributed by atoms with Crippen LogP contribution in [0.1, 0.15) is 5.69 Å². The van der Waals surface area contributed by atoms with E-state index >= 15 is 0 Å². The van der Waals surface area contributed by atoms with Gasteiger partial charge in [-0.2, -0.15) is 0 Å². The minimum absolute atomic E-state index is 0.217. The first-order valence-electron chi connectivity index (χ1n) is 5.45. The molecule has 94 valence electrons. The SMILES string of the molecule is NC(=S)c1nccnc1Nc1ccc2ncsc2c1. The van der Waals surface area contributed by atoms with E-state index in [1.165, 1.54) is 0 Å². The van der Waals surface area contributed by atoms with Crippen LogP contribution in [0.25, 0.3) is 10.2 Å². The number of hydrogen-bond donors (Lipinski definition) is 2. The molecule has 0 spiro atoms. The average Bonchev–Trinajstić information content (AvgIpc) is 2.86. The third-order valence-electron chi connectivity index (χ3n) is 2.53. The molecule has 19 heavy (non-hydrogen) atoms. The largest absolute Gasteiger partial charge is 0.388 e. The first-order valence-corrected chi connectivity index (χ1v) is 6.74. The maximum Gasteiger partial charge on any atom is 0.159 e. The van der Waals surface area contributed by atoms with E-state index in [9.17, 15) is 0 Å². The highest BCUT2D eigenvalue weighted by atomic mass is 32.1. The molecule has 2 aromatic heterocycles. The summed E-state index contributed by atoms with van der Waals surface area (Å²) in [5.41, 5.74) is 9.80. The highest BCUT2D eigenvalue weighted by Crippen LogP contribution is 2.24. The maximum atomic E-state index is 5.62. The fourth-order valence-electron chi connectivity index (χ4n) is 1.68. The summed E-state index contributed by atoms with van der Waals surface area (Å²) < 4.78 is 1.10. The number of thiocarbonyl (C=S) groups is 1. The van der Waals surface area contributed by atoms with Gasteiger partial charge < -0.3 is 11.1 Å². The van der Waals surface area contributed by atoms with Crippen molar-refractivity contribution in [3.05, 3.63) is 41.8 Å². The molecule has 0 aliphatic heterocycles. The van der Waals surface area contributed by atoms with Crippen LogP contribution >= 0.6 is 23.6 Å². The first-order chi connectivity index (χ1) is 9.24. The topological polar surface area (TPSA) is 76.7 Å². The molecule has 7 heteroatoms. The number of rotatable bonds is 3. The Bertz CT molecular complexity index is 752. The zero-order valence-electron chi connectivity index (χ0n) is 9.70. The summed E-state index contributed by atoms with van der Waals surface area (Å²) in [6.07, 6.45) is 3.15. The number of fused-ring (bicyclic) bond motifs is 1. The van der Waals surface area contributed by atoms with Crippen molar-refractivity contribution in [1.29, 1.82) is 0 Å². The number of hydrogen-bond acceptors (Lipinski definition) is 6. The molecule has 2 heterocycles. The molecule has 5 nitrogen and oxygen atoms in total. The van der Waals surface area contributed by atoms with E-state index in [2.05, 4.69) is 20.3 Å². The van der Waals surface area contributed by atoms with Crippen molar-refractivity contribution in [3.8, 4) is 0 Å². The quantitative estimate of drug-likeness (QED) is 0.721. The number of nitrogens with zero attached hydrogens (tertiary/aromatic N) is 3. The number of nitrogens with one attached hydrogen (secondary N) is 1. The second-order valence-corrected chi connectivity index (χ2v) is 5.10. The van der Waals surface area contributed by atoms with E-state index in [4.69, 9.17) is 18.0 Å². The summed E-state index contributed by atoms with van der Waals surface area (Å²) in [5, 5.41) is 3.17. The van der Waals surface area contributed by atoms with E-state index in [-0.39, 0.29) is 4.99 Å². The second-order valence-electron chi connectivity index (χ2n) is 3.78. The van der Waals surface area contributed by atoms with E-state index in [1.807, 2.05) is 23.7 Å². The Morgan fingerprint density at radius 1 is 1.21 bits per heavy atom. The summed E-state index contributed by atoms with van der Waals surface area (Å²) in [5.74, 6) is 0.555. The van der Waals surface area contributed by atoms with Gasteiger partial charge in [-0.15, -0.1) is 11.3 Å². The van der Waals surface area contributed by atoms with Crippen LogP contribution < -0.4 is 11.1 Å². The molecular formula is C12H9N5S2. The zero-order valence-corrected chi connectivity index (χ0v) is 11.3. The molecule has 0 bridgehead atoms. The Hall–Kier alpha value is -2.12. The Kier molecular flexibility index (Phi) is 3.06. The van der Waals surface area contributed by atoms with Crippen molar-refractivity contribution in [2.75, 3.05) is 5.32 Å². The normalized spacial score (nSPS) is 10.5.